The summed E-state index contributed by atoms with van der Waals surface area (Å²) in [6, 6.07) is 8.14. The number of rotatable bonds is 5. The van der Waals surface area contributed by atoms with Crippen LogP contribution >= 0.6 is 11.3 Å². The van der Waals surface area contributed by atoms with E-state index in [4.69, 9.17) is 0 Å². The fourth-order valence-electron chi connectivity index (χ4n) is 3.66. The van der Waals surface area contributed by atoms with E-state index in [1.165, 1.54) is 11.3 Å². The summed E-state index contributed by atoms with van der Waals surface area (Å²) in [7, 11) is 0. The summed E-state index contributed by atoms with van der Waals surface area (Å²) in [5.41, 5.74) is 1.49. The minimum atomic E-state index is 0.171. The van der Waals surface area contributed by atoms with Crippen molar-refractivity contribution in [2.24, 2.45) is 0 Å². The van der Waals surface area contributed by atoms with E-state index in [2.05, 4.69) is 31.7 Å². The second-order valence-electron chi connectivity index (χ2n) is 6.76. The first kappa shape index (κ1) is 17.9. The van der Waals surface area contributed by atoms with E-state index >= 15 is 0 Å². The average molecular weight is 382 g/mol. The SMILES string of the molecule is CCCN(C(=O)c1cccs1)C1CCN(c2ccc3nccnc3n2)CC1. The van der Waals surface area contributed by atoms with Gasteiger partial charge in [-0.15, -0.1) is 11.3 Å². The van der Waals surface area contributed by atoms with Gasteiger partial charge in [0, 0.05) is 38.1 Å². The van der Waals surface area contributed by atoms with Crippen LogP contribution < -0.4 is 4.90 Å². The molecule has 3 aromatic rings. The van der Waals surface area contributed by atoms with Gasteiger partial charge in [-0.05, 0) is 42.8 Å². The van der Waals surface area contributed by atoms with E-state index in [9.17, 15) is 4.79 Å². The number of aromatic nitrogens is 3. The number of amides is 1. The number of carbonyl (C=O) groups is 1. The highest BCUT2D eigenvalue weighted by molar-refractivity contribution is 7.12. The third-order valence-corrected chi connectivity index (χ3v) is 5.86. The maximum absolute atomic E-state index is 12.9. The highest BCUT2D eigenvalue weighted by atomic mass is 32.1. The van der Waals surface area contributed by atoms with Gasteiger partial charge in [-0.1, -0.05) is 13.0 Å². The van der Waals surface area contributed by atoms with Crippen molar-refractivity contribution in [3.63, 3.8) is 0 Å². The molecule has 0 aliphatic carbocycles. The summed E-state index contributed by atoms with van der Waals surface area (Å²) >= 11 is 1.52. The third kappa shape index (κ3) is 3.78. The van der Waals surface area contributed by atoms with E-state index in [0.29, 0.717) is 5.65 Å². The van der Waals surface area contributed by atoms with Gasteiger partial charge in [0.2, 0.25) is 0 Å². The first-order chi connectivity index (χ1) is 13.3. The van der Waals surface area contributed by atoms with Crippen molar-refractivity contribution >= 4 is 34.2 Å². The van der Waals surface area contributed by atoms with Gasteiger partial charge in [0.1, 0.15) is 11.3 Å². The predicted molar refractivity (Wildman–Crippen MR) is 108 cm³/mol. The molecule has 4 heterocycles. The van der Waals surface area contributed by atoms with Crippen molar-refractivity contribution in [3.05, 3.63) is 46.9 Å². The number of hydrogen-bond acceptors (Lipinski definition) is 6. The lowest BCUT2D eigenvalue weighted by atomic mass is 10.0. The van der Waals surface area contributed by atoms with E-state index in [-0.39, 0.29) is 11.9 Å². The zero-order chi connectivity index (χ0) is 18.6. The van der Waals surface area contributed by atoms with Crippen molar-refractivity contribution in [1.29, 1.82) is 0 Å². The molecule has 0 unspecified atom stereocenters. The summed E-state index contributed by atoms with van der Waals surface area (Å²) in [6.45, 7) is 4.72. The monoisotopic (exact) mass is 381 g/mol. The molecular formula is C20H23N5OS. The van der Waals surface area contributed by atoms with E-state index in [1.807, 2.05) is 29.6 Å². The molecule has 0 N–H and O–H groups in total. The molecule has 0 bridgehead atoms. The van der Waals surface area contributed by atoms with Crippen molar-refractivity contribution in [2.45, 2.75) is 32.2 Å². The Morgan fingerprint density at radius 2 is 2.04 bits per heavy atom. The largest absolute Gasteiger partial charge is 0.356 e. The quantitative estimate of drug-likeness (QED) is 0.676. The molecule has 0 spiro atoms. The molecule has 1 aliphatic rings. The molecule has 0 saturated carbocycles. The predicted octanol–water partition coefficient (Wildman–Crippen LogP) is 3.61. The average Bonchev–Trinajstić information content (AvgIpc) is 3.26. The minimum Gasteiger partial charge on any atom is -0.356 e. The fourth-order valence-corrected chi connectivity index (χ4v) is 4.34. The first-order valence-corrected chi connectivity index (χ1v) is 10.3. The van der Waals surface area contributed by atoms with Crippen molar-refractivity contribution in [1.82, 2.24) is 19.9 Å². The van der Waals surface area contributed by atoms with E-state index < -0.39 is 0 Å². The summed E-state index contributed by atoms with van der Waals surface area (Å²) in [5, 5.41) is 1.97. The third-order valence-electron chi connectivity index (χ3n) is 5.00. The van der Waals surface area contributed by atoms with Crippen LogP contribution in [0, 0.1) is 0 Å². The van der Waals surface area contributed by atoms with Crippen molar-refractivity contribution < 1.29 is 4.79 Å². The Kier molecular flexibility index (Phi) is 5.29. The molecule has 7 heteroatoms. The minimum absolute atomic E-state index is 0.171. The Bertz CT molecular complexity index is 906. The van der Waals surface area contributed by atoms with Gasteiger partial charge in [-0.2, -0.15) is 0 Å². The number of fused-ring (bicyclic) bond motifs is 1. The van der Waals surface area contributed by atoms with Gasteiger partial charge < -0.3 is 9.80 Å². The molecule has 6 nitrogen and oxygen atoms in total. The zero-order valence-corrected chi connectivity index (χ0v) is 16.2. The Balaban J connectivity index is 1.45. The lowest BCUT2D eigenvalue weighted by molar-refractivity contribution is 0.0655. The second kappa shape index (κ2) is 8.00. The van der Waals surface area contributed by atoms with E-state index in [1.54, 1.807) is 12.4 Å². The van der Waals surface area contributed by atoms with Crippen LogP contribution in [0.1, 0.15) is 35.9 Å². The lowest BCUT2D eigenvalue weighted by Crippen LogP contribution is -2.47. The molecule has 140 valence electrons. The molecular weight excluding hydrogens is 358 g/mol. The summed E-state index contributed by atoms with van der Waals surface area (Å²) in [4.78, 5) is 31.3. The second-order valence-corrected chi connectivity index (χ2v) is 7.71. The highest BCUT2D eigenvalue weighted by Gasteiger charge is 2.29. The molecule has 3 aromatic heterocycles. The topological polar surface area (TPSA) is 62.2 Å². The molecule has 1 aliphatic heterocycles. The number of pyridine rings is 1. The molecule has 1 fully saturated rings. The number of thiophene rings is 1. The Hall–Kier alpha value is -2.54. The molecule has 1 saturated heterocycles. The number of hydrogen-bond donors (Lipinski definition) is 0. The first-order valence-electron chi connectivity index (χ1n) is 9.43. The summed E-state index contributed by atoms with van der Waals surface area (Å²) in [6.07, 6.45) is 6.24. The van der Waals surface area contributed by atoms with Gasteiger partial charge in [0.15, 0.2) is 5.65 Å². The van der Waals surface area contributed by atoms with Crippen LogP contribution in [0.2, 0.25) is 0 Å². The number of carbonyl (C=O) groups excluding carboxylic acids is 1. The van der Waals surface area contributed by atoms with Crippen LogP contribution in [0.5, 0.6) is 0 Å². The Morgan fingerprint density at radius 3 is 2.78 bits per heavy atom. The number of nitrogens with zero attached hydrogens (tertiary/aromatic N) is 5. The Labute approximate surface area is 162 Å². The standard InChI is InChI=1S/C20H23N5OS/c1-2-11-25(20(26)17-4-3-14-27-17)15-7-12-24(13-8-15)18-6-5-16-19(23-18)22-10-9-21-16/h3-6,9-10,14-15H,2,7-8,11-13H2,1H3. The van der Waals surface area contributed by atoms with Gasteiger partial charge in [0.05, 0.1) is 4.88 Å². The highest BCUT2D eigenvalue weighted by Crippen LogP contribution is 2.24. The van der Waals surface area contributed by atoms with Crippen LogP contribution in [0.25, 0.3) is 11.2 Å². The van der Waals surface area contributed by atoms with Gasteiger partial charge in [0.25, 0.3) is 5.91 Å². The van der Waals surface area contributed by atoms with Gasteiger partial charge >= 0.3 is 0 Å². The summed E-state index contributed by atoms with van der Waals surface area (Å²) in [5.74, 6) is 1.11. The van der Waals surface area contributed by atoms with Crippen LogP contribution in [-0.4, -0.2) is 51.4 Å². The fraction of sp³-hybridized carbons (Fsp3) is 0.400. The normalized spacial score (nSPS) is 15.2. The number of anilines is 1. The maximum Gasteiger partial charge on any atom is 0.264 e. The Morgan fingerprint density at radius 1 is 1.22 bits per heavy atom. The van der Waals surface area contributed by atoms with E-state index in [0.717, 1.165) is 55.1 Å². The maximum atomic E-state index is 12.9. The van der Waals surface area contributed by atoms with Crippen LogP contribution in [0.4, 0.5) is 5.82 Å². The van der Waals surface area contributed by atoms with Crippen LogP contribution in [0.15, 0.2) is 42.0 Å². The van der Waals surface area contributed by atoms with Crippen molar-refractivity contribution in [2.75, 3.05) is 24.5 Å². The number of piperidine rings is 1. The van der Waals surface area contributed by atoms with Crippen LogP contribution in [0.3, 0.4) is 0 Å². The molecule has 0 radical (unpaired) electrons. The molecule has 0 atom stereocenters. The summed E-state index contributed by atoms with van der Waals surface area (Å²) < 4.78 is 0. The van der Waals surface area contributed by atoms with Crippen LogP contribution in [-0.2, 0) is 0 Å². The molecule has 0 aromatic carbocycles. The molecule has 4 rings (SSSR count). The van der Waals surface area contributed by atoms with Crippen molar-refractivity contribution in [3.8, 4) is 0 Å². The van der Waals surface area contributed by atoms with Gasteiger partial charge in [-0.3, -0.25) is 9.78 Å². The molecule has 27 heavy (non-hydrogen) atoms. The molecule has 1 amide bonds. The van der Waals surface area contributed by atoms with Gasteiger partial charge in [-0.25, -0.2) is 9.97 Å². The lowest BCUT2D eigenvalue weighted by Gasteiger charge is -2.39. The zero-order valence-electron chi connectivity index (χ0n) is 15.4. The smallest absolute Gasteiger partial charge is 0.264 e.